The van der Waals surface area contributed by atoms with Crippen LogP contribution in [0.5, 0.6) is 5.88 Å². The van der Waals surface area contributed by atoms with Gasteiger partial charge in [0.25, 0.3) is 5.56 Å². The standard InChI is InChI=1S/C22H21F4N4O2/c1-12(2)9-27-10-14-4-6-15(22(24,25)26)19(20(14)23)21-29-16(8-17(31)30-21)13-5-7-18(32-3)28-11-13/h4-8,11-12H,9-10H2,1-3H3,(H,29,30,31)/q-1. The summed E-state index contributed by atoms with van der Waals surface area (Å²) in [5.74, 6) is -1.12. The number of nitrogens with zero attached hydrogens (tertiary/aromatic N) is 3. The van der Waals surface area contributed by atoms with E-state index >= 15 is 4.39 Å². The Morgan fingerprint density at radius 1 is 1.19 bits per heavy atom. The molecule has 0 bridgehead atoms. The molecule has 0 saturated carbocycles. The van der Waals surface area contributed by atoms with Gasteiger partial charge in [-0.15, -0.1) is 13.1 Å². The zero-order chi connectivity index (χ0) is 23.5. The van der Waals surface area contributed by atoms with E-state index in [1.54, 1.807) is 6.07 Å². The normalized spacial score (nSPS) is 11.8. The van der Waals surface area contributed by atoms with Crippen molar-refractivity contribution in [2.75, 3.05) is 13.7 Å². The van der Waals surface area contributed by atoms with Crippen molar-refractivity contribution in [2.45, 2.75) is 26.6 Å². The molecule has 10 heteroatoms. The Hall–Kier alpha value is -3.27. The topological polar surface area (TPSA) is 82.0 Å². The molecule has 0 amide bonds. The average Bonchev–Trinajstić information content (AvgIpc) is 2.73. The van der Waals surface area contributed by atoms with E-state index < -0.39 is 34.5 Å². The number of alkyl halides is 3. The molecule has 0 unspecified atom stereocenters. The molecule has 3 rings (SSSR count). The fraction of sp³-hybridized carbons (Fsp3) is 0.318. The molecule has 32 heavy (non-hydrogen) atoms. The minimum Gasteiger partial charge on any atom is -0.658 e. The summed E-state index contributed by atoms with van der Waals surface area (Å²) in [5, 5.41) is 4.19. The second-order valence-electron chi connectivity index (χ2n) is 7.49. The van der Waals surface area contributed by atoms with Crippen molar-refractivity contribution >= 4 is 0 Å². The minimum atomic E-state index is -4.86. The number of halogens is 4. The molecular weight excluding hydrogens is 428 g/mol. The maximum Gasteiger partial charge on any atom is 0.417 e. The Morgan fingerprint density at radius 2 is 1.94 bits per heavy atom. The Balaban J connectivity index is 2.14. The van der Waals surface area contributed by atoms with Crippen LogP contribution in [0.15, 0.2) is 41.3 Å². The number of rotatable bonds is 7. The zero-order valence-corrected chi connectivity index (χ0v) is 17.6. The van der Waals surface area contributed by atoms with Gasteiger partial charge in [0.15, 0.2) is 0 Å². The van der Waals surface area contributed by atoms with Crippen molar-refractivity contribution < 1.29 is 22.3 Å². The maximum atomic E-state index is 15.3. The van der Waals surface area contributed by atoms with Crippen LogP contribution < -0.4 is 10.3 Å². The molecule has 2 heterocycles. The van der Waals surface area contributed by atoms with Gasteiger partial charge >= 0.3 is 6.18 Å². The average molecular weight is 449 g/mol. The van der Waals surface area contributed by atoms with Gasteiger partial charge in [0, 0.05) is 23.9 Å². The molecule has 0 aliphatic carbocycles. The number of methoxy groups -OCH3 is 1. The first-order valence-corrected chi connectivity index (χ1v) is 9.74. The molecule has 1 N–H and O–H groups in total. The number of benzene rings is 1. The van der Waals surface area contributed by atoms with Crippen LogP contribution >= 0.6 is 0 Å². The first-order chi connectivity index (χ1) is 15.1. The van der Waals surface area contributed by atoms with Crippen molar-refractivity contribution in [3.63, 3.8) is 0 Å². The third-order valence-electron chi connectivity index (χ3n) is 4.52. The molecule has 170 valence electrons. The molecule has 6 nitrogen and oxygen atoms in total. The highest BCUT2D eigenvalue weighted by atomic mass is 19.4. The van der Waals surface area contributed by atoms with Crippen molar-refractivity contribution in [1.29, 1.82) is 0 Å². The largest absolute Gasteiger partial charge is 0.658 e. The van der Waals surface area contributed by atoms with E-state index in [0.29, 0.717) is 18.0 Å². The fourth-order valence-corrected chi connectivity index (χ4v) is 3.03. The number of aromatic nitrogens is 3. The molecule has 0 spiro atoms. The second kappa shape index (κ2) is 9.47. The van der Waals surface area contributed by atoms with E-state index in [-0.39, 0.29) is 23.7 Å². The lowest BCUT2D eigenvalue weighted by molar-refractivity contribution is -0.137. The van der Waals surface area contributed by atoms with Crippen LogP contribution in [-0.2, 0) is 12.7 Å². The van der Waals surface area contributed by atoms with Gasteiger partial charge in [-0.05, 0) is 17.7 Å². The summed E-state index contributed by atoms with van der Waals surface area (Å²) in [5.41, 5.74) is -2.42. The van der Waals surface area contributed by atoms with Gasteiger partial charge in [-0.25, -0.2) is 14.4 Å². The molecule has 0 aliphatic heterocycles. The number of aromatic amines is 1. The number of pyridine rings is 1. The fourth-order valence-electron chi connectivity index (χ4n) is 3.03. The van der Waals surface area contributed by atoms with Crippen molar-refractivity contribution in [2.24, 2.45) is 5.92 Å². The van der Waals surface area contributed by atoms with Gasteiger partial charge in [0.05, 0.1) is 23.9 Å². The predicted octanol–water partition coefficient (Wildman–Crippen LogP) is 5.20. The van der Waals surface area contributed by atoms with E-state index in [0.717, 1.165) is 18.2 Å². The number of H-pyrrole nitrogens is 1. The molecular formula is C22H21F4N4O2-. The third-order valence-corrected chi connectivity index (χ3v) is 4.52. The van der Waals surface area contributed by atoms with E-state index in [4.69, 9.17) is 4.74 Å². The van der Waals surface area contributed by atoms with E-state index in [9.17, 15) is 18.0 Å². The zero-order valence-electron chi connectivity index (χ0n) is 17.6. The number of nitrogens with one attached hydrogen (secondary N) is 1. The minimum absolute atomic E-state index is 0.0205. The van der Waals surface area contributed by atoms with E-state index in [1.165, 1.54) is 19.4 Å². The number of hydrogen-bond donors (Lipinski definition) is 1. The predicted molar refractivity (Wildman–Crippen MR) is 112 cm³/mol. The molecule has 2 aromatic heterocycles. The first-order valence-electron chi connectivity index (χ1n) is 9.74. The molecule has 0 radical (unpaired) electrons. The monoisotopic (exact) mass is 449 g/mol. The lowest BCUT2D eigenvalue weighted by Crippen LogP contribution is -2.15. The third kappa shape index (κ3) is 5.31. The summed E-state index contributed by atoms with van der Waals surface area (Å²) in [4.78, 5) is 22.6. The summed E-state index contributed by atoms with van der Waals surface area (Å²) in [7, 11) is 1.42. The quantitative estimate of drug-likeness (QED) is 0.503. The van der Waals surface area contributed by atoms with Crippen LogP contribution in [0.3, 0.4) is 0 Å². The highest BCUT2D eigenvalue weighted by molar-refractivity contribution is 5.67. The van der Waals surface area contributed by atoms with Crippen LogP contribution in [0.4, 0.5) is 17.6 Å². The van der Waals surface area contributed by atoms with Gasteiger partial charge in [-0.3, -0.25) is 4.79 Å². The van der Waals surface area contributed by atoms with Crippen LogP contribution in [-0.4, -0.2) is 28.6 Å². The van der Waals surface area contributed by atoms with Gasteiger partial charge in [-0.2, -0.15) is 13.2 Å². The summed E-state index contributed by atoms with van der Waals surface area (Å²) < 4.78 is 61.3. The maximum absolute atomic E-state index is 15.3. The lowest BCUT2D eigenvalue weighted by atomic mass is 10.0. The smallest absolute Gasteiger partial charge is 0.417 e. The Bertz CT molecular complexity index is 1140. The Labute approximate surface area is 181 Å². The molecule has 0 aliphatic rings. The van der Waals surface area contributed by atoms with Crippen molar-refractivity contribution in [3.05, 3.63) is 69.1 Å². The molecule has 3 aromatic rings. The molecule has 0 fully saturated rings. The SMILES string of the molecule is COc1ccc(-c2cc(=O)[nH]c(-c3c(C(F)(F)F)ccc(C[N-]CC(C)C)c3F)n2)cn1. The molecule has 0 saturated heterocycles. The van der Waals surface area contributed by atoms with E-state index in [2.05, 4.69) is 20.3 Å². The van der Waals surface area contributed by atoms with Crippen LogP contribution in [0, 0.1) is 11.7 Å². The summed E-state index contributed by atoms with van der Waals surface area (Å²) >= 11 is 0. The Morgan fingerprint density at radius 3 is 2.53 bits per heavy atom. The van der Waals surface area contributed by atoms with Crippen molar-refractivity contribution in [1.82, 2.24) is 15.0 Å². The Kier molecular flexibility index (Phi) is 6.93. The number of hydrogen-bond acceptors (Lipinski definition) is 4. The van der Waals surface area contributed by atoms with Crippen LogP contribution in [0.25, 0.3) is 28.0 Å². The van der Waals surface area contributed by atoms with Gasteiger partial charge < -0.3 is 15.0 Å². The van der Waals surface area contributed by atoms with Crippen LogP contribution in [0.1, 0.15) is 25.0 Å². The summed E-state index contributed by atoms with van der Waals surface area (Å²) in [6.45, 7) is 4.19. The summed E-state index contributed by atoms with van der Waals surface area (Å²) in [6, 6.07) is 5.98. The molecule has 1 aromatic carbocycles. The second-order valence-corrected chi connectivity index (χ2v) is 7.49. The highest BCUT2D eigenvalue weighted by Crippen LogP contribution is 2.39. The van der Waals surface area contributed by atoms with Crippen molar-refractivity contribution in [3.8, 4) is 28.5 Å². The number of ether oxygens (including phenoxy) is 1. The van der Waals surface area contributed by atoms with Gasteiger partial charge in [0.2, 0.25) is 5.88 Å². The summed E-state index contributed by atoms with van der Waals surface area (Å²) in [6.07, 6.45) is -3.51. The molecule has 0 atom stereocenters. The van der Waals surface area contributed by atoms with Gasteiger partial charge in [-0.1, -0.05) is 25.8 Å². The first kappa shape index (κ1) is 23.4. The van der Waals surface area contributed by atoms with E-state index in [1.807, 2.05) is 13.8 Å². The van der Waals surface area contributed by atoms with Crippen LogP contribution in [0.2, 0.25) is 0 Å². The lowest BCUT2D eigenvalue weighted by Gasteiger charge is -2.23. The van der Waals surface area contributed by atoms with Gasteiger partial charge in [0.1, 0.15) is 11.6 Å². The highest BCUT2D eigenvalue weighted by Gasteiger charge is 2.36.